The number of thioether (sulfide) groups is 1. The lowest BCUT2D eigenvalue weighted by atomic mass is 10.3. The molecule has 0 radical (unpaired) electrons. The van der Waals surface area contributed by atoms with Crippen LogP contribution in [0.15, 0.2) is 41.4 Å². The zero-order valence-electron chi connectivity index (χ0n) is 8.53. The molecule has 78 valence electrons. The Hall–Kier alpha value is -1.42. The average Bonchev–Trinajstić information content (AvgIpc) is 2.79. The summed E-state index contributed by atoms with van der Waals surface area (Å²) in [7, 11) is 0. The van der Waals surface area contributed by atoms with Crippen LogP contribution in [0.25, 0.3) is 0 Å². The molecule has 0 atom stereocenters. The van der Waals surface area contributed by atoms with E-state index < -0.39 is 0 Å². The highest BCUT2D eigenvalue weighted by molar-refractivity contribution is 7.98. The monoisotopic (exact) mass is 219 g/mol. The van der Waals surface area contributed by atoms with Crippen molar-refractivity contribution in [2.24, 2.45) is 0 Å². The second-order valence-corrected chi connectivity index (χ2v) is 3.98. The molecule has 0 fully saturated rings. The molecule has 0 aliphatic heterocycles. The van der Waals surface area contributed by atoms with Gasteiger partial charge in [-0.15, -0.1) is 11.8 Å². The van der Waals surface area contributed by atoms with Crippen molar-refractivity contribution in [3.63, 3.8) is 0 Å². The van der Waals surface area contributed by atoms with E-state index in [4.69, 9.17) is 0 Å². The van der Waals surface area contributed by atoms with E-state index in [9.17, 15) is 0 Å². The maximum Gasteiger partial charge on any atom is 0.0568 e. The number of anilines is 1. The summed E-state index contributed by atoms with van der Waals surface area (Å²) >= 11 is 1.74. The highest BCUT2D eigenvalue weighted by atomic mass is 32.2. The molecule has 1 heterocycles. The highest BCUT2D eigenvalue weighted by Gasteiger charge is 1.99. The van der Waals surface area contributed by atoms with Crippen molar-refractivity contribution >= 4 is 17.4 Å². The van der Waals surface area contributed by atoms with Gasteiger partial charge in [0.1, 0.15) is 0 Å². The van der Waals surface area contributed by atoms with Crippen molar-refractivity contribution < 1.29 is 0 Å². The van der Waals surface area contributed by atoms with Crippen LogP contribution in [0.5, 0.6) is 0 Å². The Kier molecular flexibility index (Phi) is 3.29. The number of para-hydroxylation sites is 1. The van der Waals surface area contributed by atoms with Gasteiger partial charge in [-0.3, -0.25) is 5.10 Å². The van der Waals surface area contributed by atoms with E-state index in [0.717, 1.165) is 12.2 Å². The number of nitrogens with one attached hydrogen (secondary N) is 2. The lowest BCUT2D eigenvalue weighted by Crippen LogP contribution is -2.00. The van der Waals surface area contributed by atoms with Crippen LogP contribution >= 0.6 is 11.8 Å². The second kappa shape index (κ2) is 4.89. The van der Waals surface area contributed by atoms with Gasteiger partial charge in [-0.1, -0.05) is 12.1 Å². The molecule has 2 rings (SSSR count). The Morgan fingerprint density at radius 2 is 2.20 bits per heavy atom. The molecule has 0 saturated carbocycles. The van der Waals surface area contributed by atoms with Gasteiger partial charge in [-0.2, -0.15) is 5.10 Å². The van der Waals surface area contributed by atoms with Gasteiger partial charge in [0, 0.05) is 16.8 Å². The standard InChI is InChI=1S/C11H13N3S/c1-15-11-5-3-2-4-10(11)12-8-9-6-7-13-14-9/h2-7,12H,8H2,1H3,(H,13,14). The highest BCUT2D eigenvalue weighted by Crippen LogP contribution is 2.24. The summed E-state index contributed by atoms with van der Waals surface area (Å²) in [5.41, 5.74) is 2.26. The molecular formula is C11H13N3S. The molecule has 3 nitrogen and oxygen atoms in total. The Bertz CT molecular complexity index is 412. The van der Waals surface area contributed by atoms with E-state index in [1.54, 1.807) is 18.0 Å². The lowest BCUT2D eigenvalue weighted by Gasteiger charge is -2.08. The van der Waals surface area contributed by atoms with E-state index in [-0.39, 0.29) is 0 Å². The first kappa shape index (κ1) is 10.1. The van der Waals surface area contributed by atoms with Crippen molar-refractivity contribution in [2.45, 2.75) is 11.4 Å². The van der Waals surface area contributed by atoms with Crippen molar-refractivity contribution in [2.75, 3.05) is 11.6 Å². The Morgan fingerprint density at radius 3 is 2.93 bits per heavy atom. The van der Waals surface area contributed by atoms with E-state index in [0.29, 0.717) is 0 Å². The average molecular weight is 219 g/mol. The minimum atomic E-state index is 0.775. The lowest BCUT2D eigenvalue weighted by molar-refractivity contribution is 0.978. The zero-order chi connectivity index (χ0) is 10.5. The Labute approximate surface area is 93.3 Å². The summed E-state index contributed by atoms with van der Waals surface area (Å²) in [5.74, 6) is 0. The van der Waals surface area contributed by atoms with Crippen LogP contribution in [0.2, 0.25) is 0 Å². The van der Waals surface area contributed by atoms with E-state index in [2.05, 4.69) is 33.9 Å². The molecule has 1 aromatic heterocycles. The molecule has 0 unspecified atom stereocenters. The third-order valence-electron chi connectivity index (χ3n) is 2.13. The zero-order valence-corrected chi connectivity index (χ0v) is 9.34. The van der Waals surface area contributed by atoms with E-state index in [1.807, 2.05) is 18.2 Å². The van der Waals surface area contributed by atoms with E-state index >= 15 is 0 Å². The topological polar surface area (TPSA) is 40.7 Å². The molecule has 4 heteroatoms. The third-order valence-corrected chi connectivity index (χ3v) is 2.93. The largest absolute Gasteiger partial charge is 0.379 e. The number of nitrogens with zero attached hydrogens (tertiary/aromatic N) is 1. The Balaban J connectivity index is 2.04. The molecule has 0 amide bonds. The van der Waals surface area contributed by atoms with Crippen molar-refractivity contribution in [1.29, 1.82) is 0 Å². The van der Waals surface area contributed by atoms with Crippen LogP contribution in [0, 0.1) is 0 Å². The molecule has 0 aliphatic rings. The second-order valence-electron chi connectivity index (χ2n) is 3.14. The molecule has 0 bridgehead atoms. The fourth-order valence-electron chi connectivity index (χ4n) is 1.36. The van der Waals surface area contributed by atoms with E-state index in [1.165, 1.54) is 10.6 Å². The number of H-pyrrole nitrogens is 1. The van der Waals surface area contributed by atoms with Crippen LogP contribution in [0.4, 0.5) is 5.69 Å². The number of rotatable bonds is 4. The molecule has 2 N–H and O–H groups in total. The maximum absolute atomic E-state index is 3.91. The van der Waals surface area contributed by atoms with Crippen molar-refractivity contribution in [1.82, 2.24) is 10.2 Å². The number of benzene rings is 1. The van der Waals surface area contributed by atoms with Gasteiger partial charge in [-0.25, -0.2) is 0 Å². The van der Waals surface area contributed by atoms with Gasteiger partial charge in [0.25, 0.3) is 0 Å². The van der Waals surface area contributed by atoms with Gasteiger partial charge < -0.3 is 5.32 Å². The first-order chi connectivity index (χ1) is 7.40. The maximum atomic E-state index is 3.91. The molecular weight excluding hydrogens is 206 g/mol. The molecule has 2 aromatic rings. The Morgan fingerprint density at radius 1 is 1.33 bits per heavy atom. The molecule has 0 saturated heterocycles. The normalized spacial score (nSPS) is 10.2. The van der Waals surface area contributed by atoms with Crippen LogP contribution in [0.1, 0.15) is 5.69 Å². The smallest absolute Gasteiger partial charge is 0.0568 e. The summed E-state index contributed by atoms with van der Waals surface area (Å²) in [6, 6.07) is 10.2. The predicted molar refractivity (Wildman–Crippen MR) is 64.1 cm³/mol. The van der Waals surface area contributed by atoms with Gasteiger partial charge in [0.05, 0.1) is 12.2 Å². The fraction of sp³-hybridized carbons (Fsp3) is 0.182. The predicted octanol–water partition coefficient (Wildman–Crippen LogP) is 2.74. The van der Waals surface area contributed by atoms with Gasteiger partial charge in [0.15, 0.2) is 0 Å². The number of aromatic nitrogens is 2. The van der Waals surface area contributed by atoms with Crippen LogP contribution in [-0.4, -0.2) is 16.5 Å². The number of hydrogen-bond donors (Lipinski definition) is 2. The summed E-state index contributed by atoms with van der Waals surface area (Å²) in [4.78, 5) is 1.26. The summed E-state index contributed by atoms with van der Waals surface area (Å²) in [5, 5.41) is 10.2. The first-order valence-corrected chi connectivity index (χ1v) is 5.98. The van der Waals surface area contributed by atoms with Crippen molar-refractivity contribution in [3.8, 4) is 0 Å². The first-order valence-electron chi connectivity index (χ1n) is 4.75. The van der Waals surface area contributed by atoms with Crippen molar-refractivity contribution in [3.05, 3.63) is 42.2 Å². The molecule has 1 aromatic carbocycles. The molecule has 0 spiro atoms. The van der Waals surface area contributed by atoms with Crippen LogP contribution in [0.3, 0.4) is 0 Å². The summed E-state index contributed by atoms with van der Waals surface area (Å²) < 4.78 is 0. The number of aromatic amines is 1. The summed E-state index contributed by atoms with van der Waals surface area (Å²) in [6.45, 7) is 0.775. The molecule has 0 aliphatic carbocycles. The fourth-order valence-corrected chi connectivity index (χ4v) is 1.94. The minimum Gasteiger partial charge on any atom is -0.379 e. The third kappa shape index (κ3) is 2.53. The van der Waals surface area contributed by atoms with Gasteiger partial charge in [0.2, 0.25) is 0 Å². The summed E-state index contributed by atoms with van der Waals surface area (Å²) in [6.07, 6.45) is 3.84. The minimum absolute atomic E-state index is 0.775. The van der Waals surface area contributed by atoms with Gasteiger partial charge in [-0.05, 0) is 24.5 Å². The molecule has 15 heavy (non-hydrogen) atoms. The van der Waals surface area contributed by atoms with Crippen LogP contribution in [-0.2, 0) is 6.54 Å². The number of hydrogen-bond acceptors (Lipinski definition) is 3. The quantitative estimate of drug-likeness (QED) is 0.777. The SMILES string of the molecule is CSc1ccccc1NCc1ccn[nH]1. The van der Waals surface area contributed by atoms with Crippen LogP contribution < -0.4 is 5.32 Å². The van der Waals surface area contributed by atoms with Gasteiger partial charge >= 0.3 is 0 Å².